The third kappa shape index (κ3) is 2020. The maximum atomic E-state index is 10.2. The highest BCUT2D eigenvalue weighted by Crippen LogP contribution is 1.87. The summed E-state index contributed by atoms with van der Waals surface area (Å²) in [7, 11) is 11.8. The number of carbonyl (C=O) groups is 1. The summed E-state index contributed by atoms with van der Waals surface area (Å²) in [6.07, 6.45) is 0. The quantitative estimate of drug-likeness (QED) is 0.0981. The van der Waals surface area contributed by atoms with Crippen LogP contribution >= 0.6 is 0 Å². The second kappa shape index (κ2) is 1450. The van der Waals surface area contributed by atoms with Crippen molar-refractivity contribution < 1.29 is 9.53 Å². The standard InChI is InChI=1S/C5H8O2.8C2H6.C2H4.7CH5N/c1-4(2)5(6)7-3;16*1-2/h1H2,2-3H3;8*1-2H3;1-2H2;7*2H2,1H3. The van der Waals surface area contributed by atoms with Gasteiger partial charge in [-0.05, 0) is 56.3 Å². The predicted molar refractivity (Wildman–Crippen MR) is 200 cm³/mol. The van der Waals surface area contributed by atoms with Crippen LogP contribution in [0.25, 0.3) is 0 Å². The monoisotopic (exact) mass is 586 g/mol. The lowest BCUT2D eigenvalue weighted by atomic mass is 10.4. The fourth-order valence-corrected chi connectivity index (χ4v) is 0.174. The first kappa shape index (κ1) is 119. The van der Waals surface area contributed by atoms with Crippen molar-refractivity contribution in [1.82, 2.24) is 0 Å². The molecule has 0 aliphatic carbocycles. The summed E-state index contributed by atoms with van der Waals surface area (Å²) in [6.45, 7) is 43.0. The molecule has 0 unspecified atom stereocenters. The molecule has 262 valence electrons. The first-order valence-corrected chi connectivity index (χ1v) is 14.5. The Kier molecular flexibility index (Phi) is 4410. The minimum atomic E-state index is -0.347. The molecule has 9 heteroatoms. The third-order valence-corrected chi connectivity index (χ3v) is 0.534. The van der Waals surface area contributed by atoms with Crippen molar-refractivity contribution in [1.29, 1.82) is 0 Å². The van der Waals surface area contributed by atoms with Gasteiger partial charge in [0.05, 0.1) is 7.11 Å². The molecule has 0 heterocycles. The number of ether oxygens (including phenoxy) is 1. The Morgan fingerprint density at radius 3 is 0.487 bits per heavy atom. The van der Waals surface area contributed by atoms with Crippen LogP contribution in [0.5, 0.6) is 0 Å². The van der Waals surface area contributed by atoms with E-state index in [1.54, 1.807) is 6.92 Å². The van der Waals surface area contributed by atoms with Crippen molar-refractivity contribution in [3.63, 3.8) is 0 Å². The number of hydrogen-bond donors (Lipinski definition) is 7. The third-order valence-electron chi connectivity index (χ3n) is 0.534. The molecule has 0 fully saturated rings. The molecular formula is C30H95N7O2. The minimum Gasteiger partial charge on any atom is -0.466 e. The highest BCUT2D eigenvalue weighted by Gasteiger charge is 1.95. The van der Waals surface area contributed by atoms with E-state index < -0.39 is 0 Å². The van der Waals surface area contributed by atoms with Crippen molar-refractivity contribution in [2.24, 2.45) is 40.1 Å². The Morgan fingerprint density at radius 2 is 0.487 bits per heavy atom. The highest BCUT2D eigenvalue weighted by atomic mass is 16.5. The van der Waals surface area contributed by atoms with Gasteiger partial charge in [0.25, 0.3) is 0 Å². The van der Waals surface area contributed by atoms with Crippen LogP contribution in [0.4, 0.5) is 0 Å². The molecule has 0 saturated heterocycles. The average molecular weight is 586 g/mol. The number of esters is 1. The zero-order valence-electron chi connectivity index (χ0n) is 33.0. The normalized spacial score (nSPS) is 3.79. The Morgan fingerprint density at radius 1 is 0.410 bits per heavy atom. The van der Waals surface area contributed by atoms with Crippen LogP contribution in [0.2, 0.25) is 0 Å². The Balaban J connectivity index is -0.00000000909. The number of methoxy groups -OCH3 is 1. The van der Waals surface area contributed by atoms with Gasteiger partial charge in [-0.1, -0.05) is 117 Å². The number of rotatable bonds is 1. The van der Waals surface area contributed by atoms with Gasteiger partial charge in [0.2, 0.25) is 0 Å². The average Bonchev–Trinajstić information content (AvgIpc) is 3.14. The molecule has 0 aromatic carbocycles. The minimum absolute atomic E-state index is 0.347. The van der Waals surface area contributed by atoms with Gasteiger partial charge < -0.3 is 44.9 Å². The lowest BCUT2D eigenvalue weighted by molar-refractivity contribution is -0.136. The molecule has 0 amide bonds. The molecule has 0 aromatic rings. The van der Waals surface area contributed by atoms with E-state index in [0.29, 0.717) is 5.57 Å². The fraction of sp³-hybridized carbons (Fsp3) is 0.833. The molecular weight excluding hydrogens is 490 g/mol. The molecule has 14 N–H and O–H groups in total. The van der Waals surface area contributed by atoms with E-state index in [1.807, 2.05) is 111 Å². The summed E-state index contributed by atoms with van der Waals surface area (Å²) in [4.78, 5) is 10.2. The van der Waals surface area contributed by atoms with Gasteiger partial charge in [-0.2, -0.15) is 0 Å². The summed E-state index contributed by atoms with van der Waals surface area (Å²) >= 11 is 0. The van der Waals surface area contributed by atoms with E-state index in [1.165, 1.54) is 56.4 Å². The summed E-state index contributed by atoms with van der Waals surface area (Å²) < 4.78 is 4.27. The van der Waals surface area contributed by atoms with Gasteiger partial charge >= 0.3 is 5.97 Å². The molecule has 0 saturated carbocycles. The second-order valence-corrected chi connectivity index (χ2v) is 1.27. The van der Waals surface area contributed by atoms with Gasteiger partial charge in [-0.25, -0.2) is 4.79 Å². The molecule has 0 aliphatic heterocycles. The first-order valence-electron chi connectivity index (χ1n) is 14.5. The van der Waals surface area contributed by atoms with E-state index in [9.17, 15) is 4.79 Å². The molecule has 0 aromatic heterocycles. The van der Waals surface area contributed by atoms with E-state index in [-0.39, 0.29) is 5.97 Å². The second-order valence-electron chi connectivity index (χ2n) is 1.27. The van der Waals surface area contributed by atoms with E-state index >= 15 is 0 Å². The first-order chi connectivity index (χ1) is 19.2. The van der Waals surface area contributed by atoms with E-state index in [2.05, 4.69) is 64.6 Å². The Bertz CT molecular complexity index is 136. The molecule has 39 heavy (non-hydrogen) atoms. The molecule has 9 nitrogen and oxygen atoms in total. The molecule has 0 atom stereocenters. The zero-order chi connectivity index (χ0) is 37.9. The smallest absolute Gasteiger partial charge is 0.332 e. The van der Waals surface area contributed by atoms with Crippen LogP contribution in [-0.2, 0) is 9.53 Å². The van der Waals surface area contributed by atoms with Crippen LogP contribution in [0.3, 0.4) is 0 Å². The van der Waals surface area contributed by atoms with Crippen molar-refractivity contribution in [3.8, 4) is 0 Å². The SMILES string of the molecule is C=C.C=C(C)C(=O)OC.CC.CC.CC.CC.CC.CC.CC.CC.CN.CN.CN.CN.CN.CN.CN. The number of nitrogens with two attached hydrogens (primary N) is 7. The fourth-order valence-electron chi connectivity index (χ4n) is 0.174. The van der Waals surface area contributed by atoms with Gasteiger partial charge in [0.15, 0.2) is 0 Å². The van der Waals surface area contributed by atoms with Crippen molar-refractivity contribution in [2.75, 3.05) is 56.4 Å². The van der Waals surface area contributed by atoms with Crippen molar-refractivity contribution in [3.05, 3.63) is 25.3 Å². The number of hydrogen-bond acceptors (Lipinski definition) is 9. The molecule has 0 bridgehead atoms. The zero-order valence-corrected chi connectivity index (χ0v) is 33.0. The van der Waals surface area contributed by atoms with Crippen LogP contribution in [-0.4, -0.2) is 62.4 Å². The maximum absolute atomic E-state index is 10.2. The molecule has 0 aliphatic rings. The van der Waals surface area contributed by atoms with Crippen LogP contribution in [0.15, 0.2) is 25.3 Å². The highest BCUT2D eigenvalue weighted by molar-refractivity contribution is 5.86. The Hall–Kier alpha value is -1.33. The summed E-state index contributed by atoms with van der Waals surface area (Å²) in [5.41, 5.74) is 31.9. The summed E-state index contributed by atoms with van der Waals surface area (Å²) in [5.74, 6) is -0.347. The van der Waals surface area contributed by atoms with Crippen molar-refractivity contribution >= 4 is 5.97 Å². The lowest BCUT2D eigenvalue weighted by Crippen LogP contribution is -1.98. The van der Waals surface area contributed by atoms with Gasteiger partial charge in [0, 0.05) is 5.57 Å². The predicted octanol–water partition coefficient (Wildman–Crippen LogP) is 6.77. The van der Waals surface area contributed by atoms with Crippen molar-refractivity contribution in [2.45, 2.75) is 118 Å². The molecule has 0 radical (unpaired) electrons. The largest absolute Gasteiger partial charge is 0.466 e. The van der Waals surface area contributed by atoms with Gasteiger partial charge in [0.1, 0.15) is 0 Å². The topological polar surface area (TPSA) is 208 Å². The van der Waals surface area contributed by atoms with Gasteiger partial charge in [-0.3, -0.25) is 0 Å². The van der Waals surface area contributed by atoms with Crippen LogP contribution < -0.4 is 40.1 Å². The Labute approximate surface area is 255 Å². The van der Waals surface area contributed by atoms with E-state index in [0.717, 1.165) is 0 Å². The van der Waals surface area contributed by atoms with E-state index in [4.69, 9.17) is 0 Å². The summed E-state index contributed by atoms with van der Waals surface area (Å²) in [6, 6.07) is 0. The lowest BCUT2D eigenvalue weighted by Gasteiger charge is -1.91. The van der Waals surface area contributed by atoms with Crippen LogP contribution in [0, 0.1) is 0 Å². The van der Waals surface area contributed by atoms with Crippen LogP contribution in [0.1, 0.15) is 118 Å². The molecule has 0 rings (SSSR count). The molecule has 0 spiro atoms. The number of carbonyl (C=O) groups excluding carboxylic acids is 1. The van der Waals surface area contributed by atoms with Gasteiger partial charge in [-0.15, -0.1) is 13.2 Å². The maximum Gasteiger partial charge on any atom is 0.332 e. The summed E-state index contributed by atoms with van der Waals surface area (Å²) in [5, 5.41) is 0.